The van der Waals surface area contributed by atoms with Gasteiger partial charge in [0, 0.05) is 12.6 Å². The normalized spacial score (nSPS) is 11.8. The lowest BCUT2D eigenvalue weighted by atomic mass is 10.1. The summed E-state index contributed by atoms with van der Waals surface area (Å²) in [6, 6.07) is 0. The summed E-state index contributed by atoms with van der Waals surface area (Å²) in [4.78, 5) is 11.4. The minimum Gasteiger partial charge on any atom is -0.353 e. The fourth-order valence-corrected chi connectivity index (χ4v) is 1.55. The molecule has 0 rings (SSSR count). The molecule has 0 aromatic heterocycles. The molecule has 0 radical (unpaired) electrons. The second kappa shape index (κ2) is 12.4. The summed E-state index contributed by atoms with van der Waals surface area (Å²) in [5.41, 5.74) is 0. The van der Waals surface area contributed by atoms with Gasteiger partial charge in [0.2, 0.25) is 5.91 Å². The molecule has 1 amide bonds. The molecule has 0 atom stereocenters. The minimum atomic E-state index is 0.00582. The number of hydrogen-bond donors (Lipinski definition) is 1. The smallest absolute Gasteiger partial charge is 0.243 e. The van der Waals surface area contributed by atoms with E-state index < -0.39 is 0 Å². The molecule has 0 aliphatic heterocycles. The molecular formula is C16H29NO. The maximum absolute atomic E-state index is 11.4. The van der Waals surface area contributed by atoms with Crippen molar-refractivity contribution in [3.05, 3.63) is 24.3 Å². The molecule has 0 saturated carbocycles. The quantitative estimate of drug-likeness (QED) is 0.351. The van der Waals surface area contributed by atoms with E-state index in [9.17, 15) is 4.79 Å². The Morgan fingerprint density at radius 1 is 1.17 bits per heavy atom. The molecule has 0 unspecified atom stereocenters. The number of carbonyl (C=O) groups excluding carboxylic acids is 1. The molecule has 0 bridgehead atoms. The zero-order valence-corrected chi connectivity index (χ0v) is 12.2. The van der Waals surface area contributed by atoms with Gasteiger partial charge < -0.3 is 5.32 Å². The summed E-state index contributed by atoms with van der Waals surface area (Å²) in [6.07, 6.45) is 14.8. The lowest BCUT2D eigenvalue weighted by Crippen LogP contribution is -2.23. The number of allylic oxidation sites excluding steroid dienone is 3. The van der Waals surface area contributed by atoms with E-state index in [-0.39, 0.29) is 5.91 Å². The van der Waals surface area contributed by atoms with Crippen molar-refractivity contribution in [2.45, 2.75) is 59.3 Å². The first kappa shape index (κ1) is 16.9. The lowest BCUT2D eigenvalue weighted by molar-refractivity contribution is -0.116. The Balaban J connectivity index is 3.49. The van der Waals surface area contributed by atoms with Crippen LogP contribution in [0.3, 0.4) is 0 Å². The molecule has 0 aromatic rings. The second-order valence-corrected chi connectivity index (χ2v) is 5.11. The Hall–Kier alpha value is -1.05. The van der Waals surface area contributed by atoms with Crippen molar-refractivity contribution < 1.29 is 4.79 Å². The van der Waals surface area contributed by atoms with Gasteiger partial charge in [0.15, 0.2) is 0 Å². The van der Waals surface area contributed by atoms with Crippen molar-refractivity contribution in [1.82, 2.24) is 5.32 Å². The van der Waals surface area contributed by atoms with Crippen LogP contribution in [0.25, 0.3) is 0 Å². The molecule has 1 N–H and O–H groups in total. The molecule has 104 valence electrons. The molecule has 18 heavy (non-hydrogen) atoms. The predicted octanol–water partition coefficient (Wildman–Crippen LogP) is 4.23. The van der Waals surface area contributed by atoms with Crippen molar-refractivity contribution in [2.75, 3.05) is 6.54 Å². The van der Waals surface area contributed by atoms with Gasteiger partial charge in [0.05, 0.1) is 0 Å². The summed E-state index contributed by atoms with van der Waals surface area (Å²) < 4.78 is 0. The summed E-state index contributed by atoms with van der Waals surface area (Å²) >= 11 is 0. The maximum atomic E-state index is 11.4. The highest BCUT2D eigenvalue weighted by Crippen LogP contribution is 2.02. The third kappa shape index (κ3) is 13.0. The van der Waals surface area contributed by atoms with Crippen LogP contribution in [-0.4, -0.2) is 12.5 Å². The summed E-state index contributed by atoms with van der Waals surface area (Å²) in [5, 5.41) is 2.87. The number of hydrogen-bond acceptors (Lipinski definition) is 1. The van der Waals surface area contributed by atoms with Crippen molar-refractivity contribution in [3.63, 3.8) is 0 Å². The first-order chi connectivity index (χ1) is 8.66. The average molecular weight is 251 g/mol. The Bertz CT molecular complexity index is 254. The van der Waals surface area contributed by atoms with Crippen LogP contribution in [0, 0.1) is 5.92 Å². The van der Waals surface area contributed by atoms with Gasteiger partial charge in [-0.3, -0.25) is 4.79 Å². The first-order valence-corrected chi connectivity index (χ1v) is 7.27. The highest BCUT2D eigenvalue weighted by molar-refractivity contribution is 5.87. The van der Waals surface area contributed by atoms with Crippen molar-refractivity contribution >= 4 is 5.91 Å². The second-order valence-electron chi connectivity index (χ2n) is 5.11. The van der Waals surface area contributed by atoms with Crippen LogP contribution in [0.5, 0.6) is 0 Å². The van der Waals surface area contributed by atoms with E-state index in [2.05, 4.69) is 32.2 Å². The van der Waals surface area contributed by atoms with Gasteiger partial charge in [0.1, 0.15) is 0 Å². The predicted molar refractivity (Wildman–Crippen MR) is 79.5 cm³/mol. The minimum absolute atomic E-state index is 0.00582. The van der Waals surface area contributed by atoms with Gasteiger partial charge in [-0.25, -0.2) is 0 Å². The summed E-state index contributed by atoms with van der Waals surface area (Å²) in [6.45, 7) is 7.30. The highest BCUT2D eigenvalue weighted by Gasteiger charge is 1.95. The van der Waals surface area contributed by atoms with Gasteiger partial charge >= 0.3 is 0 Å². The first-order valence-electron chi connectivity index (χ1n) is 7.27. The number of amides is 1. The maximum Gasteiger partial charge on any atom is 0.243 e. The molecule has 2 nitrogen and oxygen atoms in total. The van der Waals surface area contributed by atoms with E-state index in [1.54, 1.807) is 6.08 Å². The fraction of sp³-hybridized carbons (Fsp3) is 0.688. The van der Waals surface area contributed by atoms with E-state index in [1.807, 2.05) is 12.2 Å². The molecule has 2 heteroatoms. The van der Waals surface area contributed by atoms with Gasteiger partial charge in [-0.1, -0.05) is 58.3 Å². The Labute approximate surface area is 113 Å². The molecule has 0 aliphatic carbocycles. The van der Waals surface area contributed by atoms with Gasteiger partial charge in [-0.05, 0) is 25.2 Å². The largest absolute Gasteiger partial charge is 0.353 e. The van der Waals surface area contributed by atoms with Crippen molar-refractivity contribution in [2.24, 2.45) is 5.92 Å². The third-order valence-electron chi connectivity index (χ3n) is 2.74. The molecule has 0 aromatic carbocycles. The molecule has 0 aliphatic rings. The van der Waals surface area contributed by atoms with Gasteiger partial charge in [-0.15, -0.1) is 0 Å². The van der Waals surface area contributed by atoms with Gasteiger partial charge in [-0.2, -0.15) is 0 Å². The Kier molecular flexibility index (Phi) is 11.7. The zero-order chi connectivity index (χ0) is 13.6. The standard InChI is InChI=1S/C16H29NO/c1-4-5-6-7-8-9-10-11-12-16(18)17-14-13-15(2)3/h9-12,15H,4-8,13-14H2,1-3H3,(H,17,18)/b10-9+,12-11+. The third-order valence-corrected chi connectivity index (χ3v) is 2.74. The summed E-state index contributed by atoms with van der Waals surface area (Å²) in [5.74, 6) is 0.642. The average Bonchev–Trinajstić information content (AvgIpc) is 2.32. The van der Waals surface area contributed by atoms with Crippen LogP contribution in [0.2, 0.25) is 0 Å². The number of nitrogens with one attached hydrogen (secondary N) is 1. The zero-order valence-electron chi connectivity index (χ0n) is 12.2. The van der Waals surface area contributed by atoms with Crippen molar-refractivity contribution in [1.29, 1.82) is 0 Å². The van der Waals surface area contributed by atoms with E-state index in [0.29, 0.717) is 5.92 Å². The number of unbranched alkanes of at least 4 members (excludes halogenated alkanes) is 4. The topological polar surface area (TPSA) is 29.1 Å². The molecule has 0 fully saturated rings. The van der Waals surface area contributed by atoms with Crippen LogP contribution in [0.4, 0.5) is 0 Å². The van der Waals surface area contributed by atoms with Crippen LogP contribution in [0.15, 0.2) is 24.3 Å². The van der Waals surface area contributed by atoms with Gasteiger partial charge in [0.25, 0.3) is 0 Å². The van der Waals surface area contributed by atoms with E-state index in [1.165, 1.54) is 25.7 Å². The number of rotatable bonds is 10. The van der Waals surface area contributed by atoms with Crippen molar-refractivity contribution in [3.8, 4) is 0 Å². The highest BCUT2D eigenvalue weighted by atomic mass is 16.1. The molecular weight excluding hydrogens is 222 g/mol. The van der Waals surface area contributed by atoms with E-state index >= 15 is 0 Å². The Morgan fingerprint density at radius 3 is 2.61 bits per heavy atom. The SMILES string of the molecule is CCCCCC/C=C/C=C/C(=O)NCCC(C)C. The monoisotopic (exact) mass is 251 g/mol. The van der Waals surface area contributed by atoms with Crippen LogP contribution in [-0.2, 0) is 4.79 Å². The van der Waals surface area contributed by atoms with E-state index in [4.69, 9.17) is 0 Å². The molecule has 0 heterocycles. The lowest BCUT2D eigenvalue weighted by Gasteiger charge is -2.04. The van der Waals surface area contributed by atoms with Crippen LogP contribution < -0.4 is 5.32 Å². The molecule has 0 spiro atoms. The fourth-order valence-electron chi connectivity index (χ4n) is 1.55. The molecule has 0 saturated heterocycles. The summed E-state index contributed by atoms with van der Waals surface area (Å²) in [7, 11) is 0. The van der Waals surface area contributed by atoms with Crippen LogP contribution >= 0.6 is 0 Å². The number of carbonyl (C=O) groups is 1. The van der Waals surface area contributed by atoms with E-state index in [0.717, 1.165) is 19.4 Å². The van der Waals surface area contributed by atoms with Crippen LogP contribution in [0.1, 0.15) is 59.3 Å². The Morgan fingerprint density at radius 2 is 1.94 bits per heavy atom.